The minimum Gasteiger partial charge on any atom is -0.406 e. The van der Waals surface area contributed by atoms with Crippen LogP contribution in [0.4, 0.5) is 39.8 Å². The molecule has 134 valence electrons. The van der Waals surface area contributed by atoms with E-state index in [-0.39, 0.29) is 17.3 Å². The molecule has 0 spiro atoms. The topological polar surface area (TPSA) is 108 Å². The number of ether oxygens (including phenoxy) is 1. The minimum atomic E-state index is -4.82. The first-order valence-electron chi connectivity index (χ1n) is 6.56. The summed E-state index contributed by atoms with van der Waals surface area (Å²) >= 11 is 0. The van der Waals surface area contributed by atoms with Crippen LogP contribution >= 0.6 is 0 Å². The summed E-state index contributed by atoms with van der Waals surface area (Å²) in [7, 11) is 0. The van der Waals surface area contributed by atoms with Crippen molar-refractivity contribution in [1.29, 1.82) is 0 Å². The minimum absolute atomic E-state index is 0.129. The number of anilines is 3. The average molecular weight is 361 g/mol. The molecule has 8 nitrogen and oxygen atoms in total. The lowest BCUT2D eigenvalue weighted by molar-refractivity contribution is -0.274. The van der Waals surface area contributed by atoms with Crippen LogP contribution in [0.1, 0.15) is 5.69 Å². The van der Waals surface area contributed by atoms with Gasteiger partial charge in [0.1, 0.15) is 5.75 Å². The van der Waals surface area contributed by atoms with Gasteiger partial charge >= 0.3 is 12.4 Å². The van der Waals surface area contributed by atoms with E-state index in [2.05, 4.69) is 25.3 Å². The molecule has 0 atom stereocenters. The second-order valence-electron chi connectivity index (χ2n) is 4.56. The monoisotopic (exact) mass is 361 g/mol. The van der Waals surface area contributed by atoms with Crippen LogP contribution < -0.4 is 20.9 Å². The number of rotatable bonds is 4. The Labute approximate surface area is 137 Å². The third-order valence-electron chi connectivity index (χ3n) is 2.69. The first-order valence-corrected chi connectivity index (χ1v) is 6.56. The quantitative estimate of drug-likeness (QED) is 0.492. The third kappa shape index (κ3) is 5.17. The Morgan fingerprint density at radius 2 is 1.80 bits per heavy atom. The van der Waals surface area contributed by atoms with E-state index in [1.54, 1.807) is 0 Å². The maximum Gasteiger partial charge on any atom is 0.573 e. The standard InChI is InChI=1S/C13H11F4N5O3/c1-6-9(14)10(22-24)20-11(18-6)21-12(23)19-7-2-4-8(5-3-7)25-13(15,16)17/h2-5,24H,1H3,(H3,18,19,20,21,22,23). The molecule has 12 heteroatoms. The van der Waals surface area contributed by atoms with Gasteiger partial charge in [0.05, 0.1) is 5.69 Å². The van der Waals surface area contributed by atoms with Crippen LogP contribution in [-0.2, 0) is 0 Å². The zero-order valence-electron chi connectivity index (χ0n) is 12.5. The number of amides is 2. The Kier molecular flexibility index (Phi) is 5.22. The van der Waals surface area contributed by atoms with Crippen LogP contribution in [-0.4, -0.2) is 27.6 Å². The summed E-state index contributed by atoms with van der Waals surface area (Å²) in [5.41, 5.74) is 1.55. The molecule has 0 aliphatic carbocycles. The van der Waals surface area contributed by atoms with Gasteiger partial charge in [-0.05, 0) is 31.2 Å². The fourth-order valence-corrected chi connectivity index (χ4v) is 1.69. The van der Waals surface area contributed by atoms with E-state index in [0.29, 0.717) is 0 Å². The van der Waals surface area contributed by atoms with Gasteiger partial charge in [0.25, 0.3) is 0 Å². The molecule has 0 saturated carbocycles. The van der Waals surface area contributed by atoms with Crippen molar-refractivity contribution in [1.82, 2.24) is 9.97 Å². The number of urea groups is 1. The summed E-state index contributed by atoms with van der Waals surface area (Å²) in [6.07, 6.45) is -4.82. The van der Waals surface area contributed by atoms with Crippen molar-refractivity contribution in [2.75, 3.05) is 16.1 Å². The number of hydrogen-bond donors (Lipinski definition) is 4. The van der Waals surface area contributed by atoms with E-state index < -0.39 is 29.8 Å². The largest absolute Gasteiger partial charge is 0.573 e. The summed E-state index contributed by atoms with van der Waals surface area (Å²) in [6, 6.07) is 3.54. The fourth-order valence-electron chi connectivity index (χ4n) is 1.69. The summed E-state index contributed by atoms with van der Waals surface area (Å²) < 4.78 is 53.3. The lowest BCUT2D eigenvalue weighted by Gasteiger charge is -2.11. The normalized spacial score (nSPS) is 11.0. The molecule has 0 saturated heterocycles. The Hall–Kier alpha value is -3.15. The molecule has 0 radical (unpaired) electrons. The highest BCUT2D eigenvalue weighted by atomic mass is 19.4. The van der Waals surface area contributed by atoms with Gasteiger partial charge in [-0.1, -0.05) is 0 Å². The summed E-state index contributed by atoms with van der Waals surface area (Å²) in [5.74, 6) is -2.18. The molecule has 0 unspecified atom stereocenters. The molecule has 0 fully saturated rings. The van der Waals surface area contributed by atoms with Crippen molar-refractivity contribution in [3.05, 3.63) is 35.8 Å². The lowest BCUT2D eigenvalue weighted by Crippen LogP contribution is -2.22. The highest BCUT2D eigenvalue weighted by molar-refractivity contribution is 5.98. The summed E-state index contributed by atoms with van der Waals surface area (Å²) in [6.45, 7) is 1.29. The Bertz CT molecular complexity index is 767. The zero-order valence-corrected chi connectivity index (χ0v) is 12.5. The molecule has 25 heavy (non-hydrogen) atoms. The Morgan fingerprint density at radius 1 is 1.16 bits per heavy atom. The summed E-state index contributed by atoms with van der Waals surface area (Å²) in [4.78, 5) is 19.0. The zero-order chi connectivity index (χ0) is 18.6. The van der Waals surface area contributed by atoms with Crippen molar-refractivity contribution in [3.8, 4) is 5.75 Å². The number of aromatic nitrogens is 2. The average Bonchev–Trinajstić information content (AvgIpc) is 2.51. The van der Waals surface area contributed by atoms with Gasteiger partial charge in [0, 0.05) is 5.69 Å². The van der Waals surface area contributed by atoms with Crippen LogP contribution in [0.15, 0.2) is 24.3 Å². The van der Waals surface area contributed by atoms with E-state index in [9.17, 15) is 22.4 Å². The molecule has 1 aromatic carbocycles. The van der Waals surface area contributed by atoms with E-state index in [1.807, 2.05) is 0 Å². The fraction of sp³-hybridized carbons (Fsp3) is 0.154. The van der Waals surface area contributed by atoms with E-state index in [1.165, 1.54) is 24.5 Å². The first-order chi connectivity index (χ1) is 11.7. The van der Waals surface area contributed by atoms with Gasteiger partial charge < -0.3 is 10.1 Å². The number of aryl methyl sites for hydroxylation is 1. The van der Waals surface area contributed by atoms with E-state index in [0.717, 1.165) is 12.1 Å². The number of benzene rings is 1. The predicted octanol–water partition coefficient (Wildman–Crippen LogP) is 3.27. The number of halogens is 4. The van der Waals surface area contributed by atoms with Gasteiger partial charge in [-0.3, -0.25) is 10.5 Å². The van der Waals surface area contributed by atoms with Crippen molar-refractivity contribution in [3.63, 3.8) is 0 Å². The van der Waals surface area contributed by atoms with E-state index >= 15 is 0 Å². The van der Waals surface area contributed by atoms with Gasteiger partial charge in [-0.15, -0.1) is 13.2 Å². The van der Waals surface area contributed by atoms with Gasteiger partial charge in [-0.25, -0.2) is 19.6 Å². The lowest BCUT2D eigenvalue weighted by atomic mass is 10.3. The Balaban J connectivity index is 2.02. The molecular formula is C13H11F4N5O3. The van der Waals surface area contributed by atoms with Gasteiger partial charge in [0.15, 0.2) is 11.6 Å². The number of nitrogens with zero attached hydrogens (tertiary/aromatic N) is 2. The maximum absolute atomic E-state index is 13.5. The van der Waals surface area contributed by atoms with Crippen molar-refractivity contribution in [2.24, 2.45) is 0 Å². The molecule has 2 rings (SSSR count). The number of carbonyl (C=O) groups excluding carboxylic acids is 1. The highest BCUT2D eigenvalue weighted by Crippen LogP contribution is 2.24. The van der Waals surface area contributed by atoms with Crippen LogP contribution in [0.3, 0.4) is 0 Å². The SMILES string of the molecule is Cc1nc(NC(=O)Nc2ccc(OC(F)(F)F)cc2)nc(NO)c1F. The molecule has 1 heterocycles. The molecule has 0 aliphatic heterocycles. The van der Waals surface area contributed by atoms with Crippen LogP contribution in [0.5, 0.6) is 5.75 Å². The van der Waals surface area contributed by atoms with Crippen LogP contribution in [0.25, 0.3) is 0 Å². The second kappa shape index (κ2) is 7.17. The Morgan fingerprint density at radius 3 is 2.36 bits per heavy atom. The third-order valence-corrected chi connectivity index (χ3v) is 2.69. The maximum atomic E-state index is 13.5. The summed E-state index contributed by atoms with van der Waals surface area (Å²) in [5, 5.41) is 13.2. The number of carbonyl (C=O) groups is 1. The van der Waals surface area contributed by atoms with Gasteiger partial charge in [0.2, 0.25) is 5.95 Å². The molecule has 1 aromatic heterocycles. The highest BCUT2D eigenvalue weighted by Gasteiger charge is 2.30. The molecule has 0 aliphatic rings. The second-order valence-corrected chi connectivity index (χ2v) is 4.56. The molecular weight excluding hydrogens is 350 g/mol. The van der Waals surface area contributed by atoms with Crippen LogP contribution in [0, 0.1) is 12.7 Å². The molecule has 2 amide bonds. The molecule has 0 bridgehead atoms. The van der Waals surface area contributed by atoms with Crippen LogP contribution in [0.2, 0.25) is 0 Å². The van der Waals surface area contributed by atoms with Crippen molar-refractivity contribution < 1.29 is 32.3 Å². The van der Waals surface area contributed by atoms with Crippen molar-refractivity contribution >= 4 is 23.5 Å². The molecule has 2 aromatic rings. The van der Waals surface area contributed by atoms with Gasteiger partial charge in [-0.2, -0.15) is 4.98 Å². The van der Waals surface area contributed by atoms with Crippen molar-refractivity contribution in [2.45, 2.75) is 13.3 Å². The first kappa shape index (κ1) is 18.2. The smallest absolute Gasteiger partial charge is 0.406 e. The number of hydrogen-bond acceptors (Lipinski definition) is 6. The molecule has 4 N–H and O–H groups in total. The van der Waals surface area contributed by atoms with E-state index in [4.69, 9.17) is 5.21 Å². The number of alkyl halides is 3. The number of nitrogens with one attached hydrogen (secondary N) is 3. The predicted molar refractivity (Wildman–Crippen MR) is 77.9 cm³/mol.